The van der Waals surface area contributed by atoms with Crippen molar-refractivity contribution in [2.24, 2.45) is 11.3 Å². The van der Waals surface area contributed by atoms with Gasteiger partial charge in [0.25, 0.3) is 5.91 Å². The van der Waals surface area contributed by atoms with Gasteiger partial charge >= 0.3 is 0 Å². The summed E-state index contributed by atoms with van der Waals surface area (Å²) in [5.74, 6) is 0.914. The number of fused-ring (bicyclic) bond motifs is 1. The Morgan fingerprint density at radius 2 is 1.96 bits per heavy atom. The van der Waals surface area contributed by atoms with E-state index in [0.717, 1.165) is 25.7 Å². The van der Waals surface area contributed by atoms with Gasteiger partial charge in [-0.25, -0.2) is 0 Å². The average Bonchev–Trinajstić information content (AvgIpc) is 2.84. The van der Waals surface area contributed by atoms with Crippen LogP contribution in [0.4, 0.5) is 0 Å². The summed E-state index contributed by atoms with van der Waals surface area (Å²) < 4.78 is 5.87. The molecule has 0 bridgehead atoms. The molecule has 1 aromatic heterocycles. The second kappa shape index (κ2) is 6.60. The molecular weight excluding hydrogens is 318 g/mol. The van der Waals surface area contributed by atoms with E-state index >= 15 is 0 Å². The van der Waals surface area contributed by atoms with Crippen molar-refractivity contribution in [3.05, 3.63) is 22.6 Å². The predicted molar refractivity (Wildman–Crippen MR) is 94.8 cm³/mol. The van der Waals surface area contributed by atoms with Crippen LogP contribution in [-0.2, 0) is 6.42 Å². The summed E-state index contributed by atoms with van der Waals surface area (Å²) in [5, 5.41) is 10.1. The summed E-state index contributed by atoms with van der Waals surface area (Å²) >= 11 is 0. The van der Waals surface area contributed by atoms with Crippen molar-refractivity contribution in [1.29, 1.82) is 0 Å². The van der Waals surface area contributed by atoms with Gasteiger partial charge in [0.1, 0.15) is 5.76 Å². The first-order valence-corrected chi connectivity index (χ1v) is 9.28. The van der Waals surface area contributed by atoms with E-state index in [2.05, 4.69) is 0 Å². The maximum Gasteiger partial charge on any atom is 0.289 e. The van der Waals surface area contributed by atoms with Gasteiger partial charge in [0.2, 0.25) is 0 Å². The second-order valence-electron chi connectivity index (χ2n) is 8.59. The number of amides is 1. The van der Waals surface area contributed by atoms with Crippen LogP contribution in [-0.4, -0.2) is 41.4 Å². The van der Waals surface area contributed by atoms with Crippen LogP contribution in [0.5, 0.6) is 0 Å². The molecule has 0 radical (unpaired) electrons. The number of furan rings is 1. The highest BCUT2D eigenvalue weighted by Crippen LogP contribution is 2.38. The molecular formula is C20H29NO4. The summed E-state index contributed by atoms with van der Waals surface area (Å²) in [6, 6.07) is 0. The fourth-order valence-electron chi connectivity index (χ4n) is 4.30. The first kappa shape index (κ1) is 18.2. The smallest absolute Gasteiger partial charge is 0.289 e. The van der Waals surface area contributed by atoms with Crippen LogP contribution < -0.4 is 0 Å². The molecule has 0 aliphatic heterocycles. The lowest BCUT2D eigenvalue weighted by molar-refractivity contribution is 0.0435. The lowest BCUT2D eigenvalue weighted by atomic mass is 9.76. The molecule has 1 saturated carbocycles. The van der Waals surface area contributed by atoms with Gasteiger partial charge < -0.3 is 14.4 Å². The van der Waals surface area contributed by atoms with Crippen LogP contribution >= 0.6 is 0 Å². The number of rotatable bonds is 3. The molecule has 1 aromatic rings. The van der Waals surface area contributed by atoms with Crippen LogP contribution in [0, 0.1) is 18.3 Å². The van der Waals surface area contributed by atoms with E-state index in [1.807, 2.05) is 13.8 Å². The molecule has 0 saturated heterocycles. The predicted octanol–water partition coefficient (Wildman–Crippen LogP) is 3.37. The minimum absolute atomic E-state index is 0.0666. The summed E-state index contributed by atoms with van der Waals surface area (Å²) in [6.07, 6.45) is 4.73. The van der Waals surface area contributed by atoms with Crippen molar-refractivity contribution in [3.63, 3.8) is 0 Å². The zero-order valence-electron chi connectivity index (χ0n) is 15.7. The third-order valence-corrected chi connectivity index (χ3v) is 5.70. The number of carbonyl (C=O) groups is 2. The van der Waals surface area contributed by atoms with Crippen molar-refractivity contribution in [3.8, 4) is 0 Å². The molecule has 2 aliphatic carbocycles. The Balaban J connectivity index is 1.80. The van der Waals surface area contributed by atoms with Crippen molar-refractivity contribution in [1.82, 2.24) is 4.90 Å². The van der Waals surface area contributed by atoms with Crippen LogP contribution in [0.2, 0.25) is 0 Å². The summed E-state index contributed by atoms with van der Waals surface area (Å²) in [4.78, 5) is 27.0. The summed E-state index contributed by atoms with van der Waals surface area (Å²) in [5.41, 5.74) is 1.14. The Bertz CT molecular complexity index is 688. The largest absolute Gasteiger partial charge is 0.455 e. The molecule has 2 atom stereocenters. The third kappa shape index (κ3) is 3.52. The standard InChI is InChI=1S/C20H29NO4/c1-12-17-15(23)9-20(2,3)10-16(17)25-18(12)19(24)21(4)11-13-7-5-6-8-14(13)22/h13-14,22H,5-11H2,1-4H3. The maximum atomic E-state index is 12.9. The van der Waals surface area contributed by atoms with Gasteiger partial charge in [-0.05, 0) is 25.2 Å². The zero-order valence-corrected chi connectivity index (χ0v) is 15.7. The number of carbonyl (C=O) groups excluding carboxylic acids is 2. The average molecular weight is 347 g/mol. The topological polar surface area (TPSA) is 70.8 Å². The molecule has 1 N–H and O–H groups in total. The number of Topliss-reactive ketones (excluding diaryl/α,β-unsaturated/α-hetero) is 1. The van der Waals surface area contributed by atoms with Gasteiger partial charge in [-0.2, -0.15) is 0 Å². The van der Waals surface area contributed by atoms with Crippen molar-refractivity contribution in [2.75, 3.05) is 13.6 Å². The molecule has 25 heavy (non-hydrogen) atoms. The first-order chi connectivity index (χ1) is 11.7. The van der Waals surface area contributed by atoms with Crippen molar-refractivity contribution >= 4 is 11.7 Å². The van der Waals surface area contributed by atoms with Gasteiger partial charge in [-0.3, -0.25) is 9.59 Å². The lowest BCUT2D eigenvalue weighted by Gasteiger charge is -2.31. The fourth-order valence-corrected chi connectivity index (χ4v) is 4.30. The van der Waals surface area contributed by atoms with Gasteiger partial charge in [-0.15, -0.1) is 0 Å². The highest BCUT2D eigenvalue weighted by molar-refractivity contribution is 6.03. The molecule has 3 rings (SSSR count). The quantitative estimate of drug-likeness (QED) is 0.910. The number of nitrogens with zero attached hydrogens (tertiary/aromatic N) is 1. The first-order valence-electron chi connectivity index (χ1n) is 9.28. The summed E-state index contributed by atoms with van der Waals surface area (Å²) in [7, 11) is 1.75. The molecule has 0 spiro atoms. The van der Waals surface area contributed by atoms with Gasteiger partial charge in [0.05, 0.1) is 11.7 Å². The monoisotopic (exact) mass is 347 g/mol. The fraction of sp³-hybridized carbons (Fsp3) is 0.700. The Labute approximate surface area is 149 Å². The van der Waals surface area contributed by atoms with Crippen LogP contribution in [0.1, 0.15) is 78.2 Å². The minimum Gasteiger partial charge on any atom is -0.455 e. The van der Waals surface area contributed by atoms with Crippen LogP contribution in [0.15, 0.2) is 4.42 Å². The molecule has 1 amide bonds. The van der Waals surface area contributed by atoms with E-state index < -0.39 is 0 Å². The number of ketones is 1. The third-order valence-electron chi connectivity index (χ3n) is 5.70. The van der Waals surface area contributed by atoms with E-state index in [9.17, 15) is 14.7 Å². The molecule has 0 aromatic carbocycles. The van der Waals surface area contributed by atoms with Crippen LogP contribution in [0.25, 0.3) is 0 Å². The Morgan fingerprint density at radius 3 is 2.64 bits per heavy atom. The Morgan fingerprint density at radius 1 is 1.28 bits per heavy atom. The molecule has 138 valence electrons. The molecule has 1 fully saturated rings. The lowest BCUT2D eigenvalue weighted by Crippen LogP contribution is -2.38. The van der Waals surface area contributed by atoms with Gasteiger partial charge in [0, 0.05) is 37.9 Å². The minimum atomic E-state index is -0.336. The zero-order chi connectivity index (χ0) is 18.4. The SMILES string of the molecule is Cc1c(C(=O)N(C)CC2CCCCC2O)oc2c1C(=O)CC(C)(C)C2. The highest BCUT2D eigenvalue weighted by atomic mass is 16.4. The van der Waals surface area contributed by atoms with Crippen molar-refractivity contribution in [2.45, 2.75) is 65.4 Å². The maximum absolute atomic E-state index is 12.9. The van der Waals surface area contributed by atoms with E-state index in [4.69, 9.17) is 4.42 Å². The molecule has 5 heteroatoms. The number of hydrogen-bond acceptors (Lipinski definition) is 4. The number of hydrogen-bond donors (Lipinski definition) is 1. The van der Waals surface area contributed by atoms with E-state index in [1.54, 1.807) is 18.9 Å². The number of aliphatic hydroxyl groups excluding tert-OH is 1. The molecule has 1 heterocycles. The van der Waals surface area contributed by atoms with E-state index in [1.165, 1.54) is 0 Å². The van der Waals surface area contributed by atoms with Crippen molar-refractivity contribution < 1.29 is 19.1 Å². The van der Waals surface area contributed by atoms with Gasteiger partial charge in [0.15, 0.2) is 11.5 Å². The normalized spacial score (nSPS) is 25.6. The summed E-state index contributed by atoms with van der Waals surface area (Å²) in [6.45, 7) is 6.41. The van der Waals surface area contributed by atoms with Crippen LogP contribution in [0.3, 0.4) is 0 Å². The van der Waals surface area contributed by atoms with E-state index in [-0.39, 0.29) is 34.9 Å². The highest BCUT2D eigenvalue weighted by Gasteiger charge is 2.37. The number of aliphatic hydroxyl groups is 1. The molecule has 2 aliphatic rings. The second-order valence-corrected chi connectivity index (χ2v) is 8.59. The molecule has 5 nitrogen and oxygen atoms in total. The Kier molecular flexibility index (Phi) is 4.80. The van der Waals surface area contributed by atoms with E-state index in [0.29, 0.717) is 36.3 Å². The molecule has 2 unspecified atom stereocenters. The Hall–Kier alpha value is -1.62. The van der Waals surface area contributed by atoms with Gasteiger partial charge in [-0.1, -0.05) is 26.7 Å².